The normalized spacial score (nSPS) is 16.6. The second-order valence-corrected chi connectivity index (χ2v) is 4.29. The molecule has 88 valence electrons. The van der Waals surface area contributed by atoms with Crippen molar-refractivity contribution in [3.05, 3.63) is 12.4 Å². The van der Waals surface area contributed by atoms with E-state index in [1.54, 1.807) is 12.4 Å². The van der Waals surface area contributed by atoms with Gasteiger partial charge in [0.05, 0.1) is 18.1 Å². The van der Waals surface area contributed by atoms with E-state index in [0.29, 0.717) is 5.69 Å². The van der Waals surface area contributed by atoms with Gasteiger partial charge in [0.2, 0.25) is 5.95 Å². The van der Waals surface area contributed by atoms with E-state index < -0.39 is 0 Å². The molecule has 0 radical (unpaired) electrons. The summed E-state index contributed by atoms with van der Waals surface area (Å²) in [6.45, 7) is 4.51. The highest BCUT2D eigenvalue weighted by Gasteiger charge is 2.12. The summed E-state index contributed by atoms with van der Waals surface area (Å²) in [7, 11) is 2.02. The number of rotatable bonds is 4. The van der Waals surface area contributed by atoms with E-state index in [4.69, 9.17) is 5.73 Å². The Labute approximate surface area is 96.3 Å². The zero-order chi connectivity index (χ0) is 11.4. The molecule has 0 aromatic carbocycles. The lowest BCUT2D eigenvalue weighted by atomic mass is 10.4. The number of nitrogens with zero attached hydrogens (tertiary/aromatic N) is 4. The first-order valence-corrected chi connectivity index (χ1v) is 5.77. The zero-order valence-electron chi connectivity index (χ0n) is 9.76. The van der Waals surface area contributed by atoms with Gasteiger partial charge < -0.3 is 15.5 Å². The molecule has 0 spiro atoms. The van der Waals surface area contributed by atoms with Gasteiger partial charge in [0.1, 0.15) is 0 Å². The third-order valence-electron chi connectivity index (χ3n) is 2.95. The first-order valence-electron chi connectivity index (χ1n) is 5.77. The predicted molar refractivity (Wildman–Crippen MR) is 65.4 cm³/mol. The standard InChI is InChI=1S/C11H19N5/c1-15(6-7-16-4-2-3-5-16)11-13-8-10(12)9-14-11/h8-9H,2-7,12H2,1H3. The number of hydrogen-bond acceptors (Lipinski definition) is 5. The molecule has 5 nitrogen and oxygen atoms in total. The van der Waals surface area contributed by atoms with E-state index in [-0.39, 0.29) is 0 Å². The van der Waals surface area contributed by atoms with Crippen LogP contribution in [-0.2, 0) is 0 Å². The molecule has 2 rings (SSSR count). The molecular formula is C11H19N5. The summed E-state index contributed by atoms with van der Waals surface area (Å²) in [5, 5.41) is 0. The first-order chi connectivity index (χ1) is 7.75. The minimum Gasteiger partial charge on any atom is -0.396 e. The Morgan fingerprint density at radius 2 is 1.94 bits per heavy atom. The molecule has 0 bridgehead atoms. The smallest absolute Gasteiger partial charge is 0.225 e. The highest BCUT2D eigenvalue weighted by atomic mass is 15.3. The van der Waals surface area contributed by atoms with Crippen LogP contribution < -0.4 is 10.6 Å². The number of anilines is 2. The largest absolute Gasteiger partial charge is 0.396 e. The highest BCUT2D eigenvalue weighted by molar-refractivity contribution is 5.37. The zero-order valence-corrected chi connectivity index (χ0v) is 9.76. The molecule has 1 saturated heterocycles. The Bertz CT molecular complexity index is 318. The molecule has 1 aromatic rings. The predicted octanol–water partition coefficient (Wildman–Crippen LogP) is 0.591. The molecule has 5 heteroatoms. The fourth-order valence-electron chi connectivity index (χ4n) is 1.93. The number of likely N-dealkylation sites (tertiary alicyclic amines) is 1. The molecule has 2 heterocycles. The summed E-state index contributed by atoms with van der Waals surface area (Å²) < 4.78 is 0. The van der Waals surface area contributed by atoms with Crippen molar-refractivity contribution in [3.63, 3.8) is 0 Å². The Hall–Kier alpha value is -1.36. The van der Waals surface area contributed by atoms with E-state index in [1.165, 1.54) is 25.9 Å². The molecule has 0 amide bonds. The van der Waals surface area contributed by atoms with Crippen LogP contribution in [0.25, 0.3) is 0 Å². The molecule has 0 aliphatic carbocycles. The van der Waals surface area contributed by atoms with Crippen molar-refractivity contribution in [2.75, 3.05) is 43.9 Å². The van der Waals surface area contributed by atoms with Gasteiger partial charge in [0.25, 0.3) is 0 Å². The Morgan fingerprint density at radius 1 is 1.31 bits per heavy atom. The molecule has 1 aliphatic heterocycles. The molecule has 2 N–H and O–H groups in total. The average Bonchev–Trinajstić information content (AvgIpc) is 2.80. The van der Waals surface area contributed by atoms with Crippen molar-refractivity contribution >= 4 is 11.6 Å². The van der Waals surface area contributed by atoms with Crippen molar-refractivity contribution in [2.24, 2.45) is 0 Å². The van der Waals surface area contributed by atoms with Gasteiger partial charge in [0.15, 0.2) is 0 Å². The molecule has 16 heavy (non-hydrogen) atoms. The maximum Gasteiger partial charge on any atom is 0.225 e. The van der Waals surface area contributed by atoms with Crippen LogP contribution in [0.15, 0.2) is 12.4 Å². The minimum atomic E-state index is 0.608. The lowest BCUT2D eigenvalue weighted by Crippen LogP contribution is -2.32. The number of nitrogen functional groups attached to an aromatic ring is 1. The van der Waals surface area contributed by atoms with E-state index in [9.17, 15) is 0 Å². The lowest BCUT2D eigenvalue weighted by Gasteiger charge is -2.21. The fourth-order valence-corrected chi connectivity index (χ4v) is 1.93. The van der Waals surface area contributed by atoms with Crippen LogP contribution in [0, 0.1) is 0 Å². The topological polar surface area (TPSA) is 58.3 Å². The second kappa shape index (κ2) is 5.12. The van der Waals surface area contributed by atoms with Crippen molar-refractivity contribution < 1.29 is 0 Å². The molecule has 0 saturated carbocycles. The van der Waals surface area contributed by atoms with Crippen LogP contribution in [0.1, 0.15) is 12.8 Å². The number of aromatic nitrogens is 2. The van der Waals surface area contributed by atoms with E-state index >= 15 is 0 Å². The molecule has 0 atom stereocenters. The maximum atomic E-state index is 5.55. The highest BCUT2D eigenvalue weighted by Crippen LogP contribution is 2.09. The number of nitrogens with two attached hydrogens (primary N) is 1. The summed E-state index contributed by atoms with van der Waals surface area (Å²) in [6, 6.07) is 0. The third kappa shape index (κ3) is 2.82. The quantitative estimate of drug-likeness (QED) is 0.806. The summed E-state index contributed by atoms with van der Waals surface area (Å²) >= 11 is 0. The van der Waals surface area contributed by atoms with Gasteiger partial charge in [-0.25, -0.2) is 9.97 Å². The molecule has 1 aromatic heterocycles. The summed E-state index contributed by atoms with van der Waals surface area (Å²) in [5.74, 6) is 0.744. The van der Waals surface area contributed by atoms with Crippen LogP contribution >= 0.6 is 0 Å². The Balaban J connectivity index is 1.82. The summed E-state index contributed by atoms with van der Waals surface area (Å²) in [5.41, 5.74) is 6.16. The van der Waals surface area contributed by atoms with Gasteiger partial charge in [0, 0.05) is 20.1 Å². The van der Waals surface area contributed by atoms with Gasteiger partial charge in [-0.15, -0.1) is 0 Å². The molecule has 1 fully saturated rings. The van der Waals surface area contributed by atoms with Crippen molar-refractivity contribution in [3.8, 4) is 0 Å². The van der Waals surface area contributed by atoms with Crippen LogP contribution in [0.5, 0.6) is 0 Å². The summed E-state index contributed by atoms with van der Waals surface area (Å²) in [4.78, 5) is 12.9. The van der Waals surface area contributed by atoms with Crippen LogP contribution in [0.3, 0.4) is 0 Å². The van der Waals surface area contributed by atoms with Gasteiger partial charge in [-0.2, -0.15) is 0 Å². The SMILES string of the molecule is CN(CCN1CCCC1)c1ncc(N)cn1. The number of likely N-dealkylation sites (N-methyl/N-ethyl adjacent to an activating group) is 1. The van der Waals surface area contributed by atoms with E-state index in [0.717, 1.165) is 19.0 Å². The van der Waals surface area contributed by atoms with Crippen molar-refractivity contribution in [1.29, 1.82) is 0 Å². The first kappa shape index (κ1) is 11.1. The van der Waals surface area contributed by atoms with Crippen molar-refractivity contribution in [1.82, 2.24) is 14.9 Å². The van der Waals surface area contributed by atoms with Gasteiger partial charge in [-0.1, -0.05) is 0 Å². The number of hydrogen-bond donors (Lipinski definition) is 1. The van der Waals surface area contributed by atoms with Gasteiger partial charge in [-0.05, 0) is 25.9 Å². The van der Waals surface area contributed by atoms with Crippen LogP contribution in [0.2, 0.25) is 0 Å². The van der Waals surface area contributed by atoms with Crippen molar-refractivity contribution in [2.45, 2.75) is 12.8 Å². The van der Waals surface area contributed by atoms with E-state index in [1.807, 2.05) is 7.05 Å². The Morgan fingerprint density at radius 3 is 2.56 bits per heavy atom. The molecule has 1 aliphatic rings. The third-order valence-corrected chi connectivity index (χ3v) is 2.95. The van der Waals surface area contributed by atoms with E-state index in [2.05, 4.69) is 19.8 Å². The lowest BCUT2D eigenvalue weighted by molar-refractivity contribution is 0.346. The minimum absolute atomic E-state index is 0.608. The second-order valence-electron chi connectivity index (χ2n) is 4.29. The van der Waals surface area contributed by atoms with Gasteiger partial charge in [-0.3, -0.25) is 0 Å². The van der Waals surface area contributed by atoms with Crippen LogP contribution in [-0.4, -0.2) is 48.1 Å². The molecular weight excluding hydrogens is 202 g/mol. The van der Waals surface area contributed by atoms with Gasteiger partial charge >= 0.3 is 0 Å². The average molecular weight is 221 g/mol. The summed E-state index contributed by atoms with van der Waals surface area (Å²) in [6.07, 6.45) is 5.97. The maximum absolute atomic E-state index is 5.55. The van der Waals surface area contributed by atoms with Crippen LogP contribution in [0.4, 0.5) is 11.6 Å². The monoisotopic (exact) mass is 221 g/mol. The fraction of sp³-hybridized carbons (Fsp3) is 0.636. The molecule has 0 unspecified atom stereocenters. The Kier molecular flexibility index (Phi) is 3.56.